The van der Waals surface area contributed by atoms with Crippen molar-refractivity contribution in [3.63, 3.8) is 0 Å². The Morgan fingerprint density at radius 2 is 1.29 bits per heavy atom. The van der Waals surface area contributed by atoms with Gasteiger partial charge in [-0.1, -0.05) is 213 Å². The first-order chi connectivity index (χ1) is 53.6. The highest BCUT2D eigenvalue weighted by atomic mass is 16.5. The van der Waals surface area contributed by atoms with E-state index in [9.17, 15) is 19.2 Å². The van der Waals surface area contributed by atoms with Crippen LogP contribution in [-0.2, 0) is 16.2 Å². The van der Waals surface area contributed by atoms with Crippen LogP contribution in [0.1, 0.15) is 110 Å². The molecule has 2 aliphatic rings. The van der Waals surface area contributed by atoms with Crippen molar-refractivity contribution < 1.29 is 45.2 Å². The number of imidazole rings is 1. The van der Waals surface area contributed by atoms with Crippen molar-refractivity contribution in [2.24, 2.45) is 5.89 Å². The fraction of sp³-hybridized carbons (Fsp3) is 0.153. The van der Waals surface area contributed by atoms with E-state index >= 15 is 0 Å². The zero-order valence-corrected chi connectivity index (χ0v) is 49.7. The number of para-hydroxylation sites is 3. The Labute approximate surface area is 563 Å². The Morgan fingerprint density at radius 3 is 2.13 bits per heavy atom. The molecule has 11 aromatic carbocycles. The molecule has 1 atom stereocenters. The zero-order valence-electron chi connectivity index (χ0n) is 72.7. The van der Waals surface area contributed by atoms with Crippen molar-refractivity contribution in [3.05, 3.63) is 272 Å². The molecule has 4 aromatic heterocycles. The lowest BCUT2D eigenvalue weighted by Crippen LogP contribution is -2.40. The van der Waals surface area contributed by atoms with Crippen molar-refractivity contribution in [1.82, 2.24) is 14.1 Å². The third-order valence-corrected chi connectivity index (χ3v) is 17.9. The molecule has 6 heteroatoms. The molecular formula is C85H68N4O2. The maximum atomic E-state index is 10.4. The van der Waals surface area contributed by atoms with E-state index in [-0.39, 0.29) is 38.9 Å². The molecule has 0 bridgehead atoms. The van der Waals surface area contributed by atoms with Gasteiger partial charge >= 0.3 is 0 Å². The summed E-state index contributed by atoms with van der Waals surface area (Å²) in [6.45, 7) is -9.65. The molecule has 15 aromatic rings. The normalized spacial score (nSPS) is 20.4. The maximum Gasteiger partial charge on any atom is 0.269 e. The lowest BCUT2D eigenvalue weighted by atomic mass is 9.58. The highest BCUT2D eigenvalue weighted by molar-refractivity contribution is 6.10. The van der Waals surface area contributed by atoms with Crippen LogP contribution in [0.15, 0.2) is 253 Å². The van der Waals surface area contributed by atoms with E-state index in [0.29, 0.717) is 74.1 Å². The van der Waals surface area contributed by atoms with Crippen molar-refractivity contribution in [1.29, 1.82) is 0 Å². The van der Waals surface area contributed by atoms with Crippen LogP contribution in [0.25, 0.3) is 139 Å². The summed E-state index contributed by atoms with van der Waals surface area (Å²) in [6.07, 6.45) is 1.29. The van der Waals surface area contributed by atoms with Gasteiger partial charge in [-0.05, 0) is 191 Å². The predicted molar refractivity (Wildman–Crippen MR) is 374 cm³/mol. The number of rotatable bonds is 7. The highest BCUT2D eigenvalue weighted by Gasteiger charge is 2.42. The topological polar surface area (TPSA) is 49.0 Å². The minimum Gasteiger partial charge on any atom is -0.458 e. The van der Waals surface area contributed by atoms with E-state index in [1.807, 2.05) is 144 Å². The van der Waals surface area contributed by atoms with Crippen LogP contribution in [0.4, 0.5) is 0 Å². The van der Waals surface area contributed by atoms with Gasteiger partial charge < -0.3 is 9.15 Å². The van der Waals surface area contributed by atoms with Crippen LogP contribution < -0.4 is 9.30 Å². The second kappa shape index (κ2) is 20.2. The Kier molecular flexibility index (Phi) is 7.91. The largest absolute Gasteiger partial charge is 0.458 e. The van der Waals surface area contributed by atoms with Gasteiger partial charge in [0.1, 0.15) is 28.5 Å². The Morgan fingerprint density at radius 1 is 0.571 bits per heavy atom. The fourth-order valence-electron chi connectivity index (χ4n) is 13.4. The molecule has 0 fully saturated rings. The molecule has 0 amide bonds. The lowest BCUT2D eigenvalue weighted by molar-refractivity contribution is -0.570. The quantitative estimate of drug-likeness (QED) is 0.118. The molecule has 5 heterocycles. The first-order valence-corrected chi connectivity index (χ1v) is 29.9. The summed E-state index contributed by atoms with van der Waals surface area (Å²) in [4.78, 5) is 4.90. The van der Waals surface area contributed by atoms with E-state index in [1.165, 1.54) is 12.1 Å². The van der Waals surface area contributed by atoms with Gasteiger partial charge in [0.2, 0.25) is 0 Å². The summed E-state index contributed by atoms with van der Waals surface area (Å²) in [5.41, 5.74) is -2.81. The van der Waals surface area contributed by atoms with Gasteiger partial charge in [-0.2, -0.15) is 0 Å². The van der Waals surface area contributed by atoms with Crippen LogP contribution in [0.2, 0.25) is 0 Å². The smallest absolute Gasteiger partial charge is 0.269 e. The minimum atomic E-state index is -4.23. The van der Waals surface area contributed by atoms with Gasteiger partial charge in [-0.25, -0.2) is 4.98 Å². The van der Waals surface area contributed by atoms with Crippen molar-refractivity contribution in [2.45, 2.75) is 77.7 Å². The fourth-order valence-corrected chi connectivity index (χ4v) is 13.4. The molecule has 6 nitrogen and oxygen atoms in total. The predicted octanol–water partition coefficient (Wildman–Crippen LogP) is 22.1. The summed E-state index contributed by atoms with van der Waals surface area (Å²) in [5, 5.41) is 3.67. The number of ether oxygens (including phenoxy) is 1. The van der Waals surface area contributed by atoms with Crippen LogP contribution in [0.5, 0.6) is 11.5 Å². The molecule has 1 aliphatic carbocycles. The Bertz CT molecular complexity index is 6590. The van der Waals surface area contributed by atoms with E-state index < -0.39 is 116 Å². The Hall–Kier alpha value is -10.6. The molecule has 1 aliphatic heterocycles. The summed E-state index contributed by atoms with van der Waals surface area (Å²) in [6, 6.07) is 52.8. The molecule has 0 saturated carbocycles. The summed E-state index contributed by atoms with van der Waals surface area (Å²) in [5.74, 6) is -2.23. The standard InChI is InChI=1S/C85H68N4O2/c1-52-50-84(5,6)73-38-33-56(45-74(73)85(52,7)8)54-32-36-65-63-24-12-13-25-64(63)72-44-57(55-34-39-79-71(43-55)68-27-15-17-31-78(68)91-79)46-77-82(72)88(81-62(53-20-10-9-11-21-53)28-19-29-69(81)70(65)42-54)51-87(77)59-22-18-23-60(48-59)90-61-35-37-67-66-26-14-16-30-75(66)89(76(67)49-61)80-47-58(40-41-86-80)83(2,3)4/h9-49,52H,50H2,1-8H3/i5D3,6D3,7D3,8D3,9D,10D,11D,20D,21D,33D,38D,45D,50D2,52D. The molecule has 440 valence electrons. The van der Waals surface area contributed by atoms with Crippen molar-refractivity contribution in [2.75, 3.05) is 0 Å². The molecule has 91 heavy (non-hydrogen) atoms. The number of hydrogen-bond donors (Lipinski definition) is 0. The number of pyridine rings is 1. The molecule has 0 saturated heterocycles. The number of nitrogens with zero attached hydrogens (tertiary/aromatic N) is 4. The van der Waals surface area contributed by atoms with E-state index in [4.69, 9.17) is 26.5 Å². The van der Waals surface area contributed by atoms with E-state index in [0.717, 1.165) is 49.5 Å². The molecule has 0 radical (unpaired) electrons. The average Bonchev–Trinajstić information content (AvgIpc) is 0.764. The summed E-state index contributed by atoms with van der Waals surface area (Å²) < 4.78 is 234. The monoisotopic (exact) mass is 1200 g/mol. The van der Waals surface area contributed by atoms with Gasteiger partial charge in [0.15, 0.2) is 0 Å². The molecule has 0 N–H and O–H groups in total. The van der Waals surface area contributed by atoms with Crippen LogP contribution >= 0.6 is 0 Å². The lowest BCUT2D eigenvalue weighted by Gasteiger charge is -2.46. The van der Waals surface area contributed by atoms with Gasteiger partial charge in [-0.3, -0.25) is 13.7 Å². The number of fused-ring (bicyclic) bond motifs is 14. The second-order valence-electron chi connectivity index (χ2n) is 24.5. The first-order valence-electron chi connectivity index (χ1n) is 41.4. The van der Waals surface area contributed by atoms with Gasteiger partial charge in [-0.15, -0.1) is 0 Å². The zero-order chi connectivity index (χ0) is 81.3. The molecule has 1 unspecified atom stereocenters. The number of furan rings is 1. The van der Waals surface area contributed by atoms with Gasteiger partial charge in [0.25, 0.3) is 6.33 Å². The third kappa shape index (κ3) is 8.74. The molecule has 0 spiro atoms. The number of aromatic nitrogens is 4. The minimum absolute atomic E-state index is 0.0593. The SMILES string of the molecule is [2H]c1c([2H])c([2H])c(-c2cccc3c2-[n+]2[c-]n(-c4cccc(Oc5ccc6c7ccccc7n(-c7cc(C(C)(C)C)ccn7)c6c5)c4)c4cc(-c5ccc6oc7ccccc7c6c5)cc(c42)-c2ccccc2-c2ccc(-c4c([2H])c([2H])c5c(c4[2H])C(C([2H])([2H])[2H])(C([2H])([2H])[2H])C([2H])(C)C([2H])([2H])C5(C([2H])([2H])[2H])C([2H])([2H])[2H])cc2-3)c([2H])c1[2H]. The highest BCUT2D eigenvalue weighted by Crippen LogP contribution is 2.52. The Balaban J connectivity index is 0.968. The number of benzene rings is 11. The van der Waals surface area contributed by atoms with Crippen LogP contribution in [-0.4, -0.2) is 14.1 Å². The molecule has 17 rings (SSSR count). The average molecular weight is 1200 g/mol. The van der Waals surface area contributed by atoms with E-state index in [1.54, 1.807) is 34.9 Å². The second-order valence-corrected chi connectivity index (χ2v) is 24.5. The van der Waals surface area contributed by atoms with E-state index in [2.05, 4.69) is 49.9 Å². The maximum absolute atomic E-state index is 10.4. The molecular weight excluding hydrogens is 1110 g/mol. The van der Waals surface area contributed by atoms with Crippen molar-refractivity contribution >= 4 is 54.8 Å². The first kappa shape index (κ1) is 35.6. The van der Waals surface area contributed by atoms with Gasteiger partial charge in [0, 0.05) is 54.4 Å². The van der Waals surface area contributed by atoms with Crippen LogP contribution in [0, 0.1) is 12.2 Å². The third-order valence-electron chi connectivity index (χ3n) is 17.9. The summed E-state index contributed by atoms with van der Waals surface area (Å²) >= 11 is 0. The summed E-state index contributed by atoms with van der Waals surface area (Å²) in [7, 11) is 0. The van der Waals surface area contributed by atoms with Gasteiger partial charge in [0.05, 0.1) is 44.4 Å². The van der Waals surface area contributed by atoms with Crippen LogP contribution in [0.3, 0.4) is 0 Å². The number of hydrogen-bond acceptors (Lipinski definition) is 3. The van der Waals surface area contributed by atoms with Crippen molar-refractivity contribution in [3.8, 4) is 95.5 Å².